The highest BCUT2D eigenvalue weighted by Gasteiger charge is 2.20. The number of nitrogens with one attached hydrogen (secondary N) is 1. The lowest BCUT2D eigenvalue weighted by Crippen LogP contribution is -2.52. The molecular formula is C20H27N5O2S. The van der Waals surface area contributed by atoms with Gasteiger partial charge in [0.2, 0.25) is 0 Å². The first-order valence-electron chi connectivity index (χ1n) is 9.49. The van der Waals surface area contributed by atoms with Gasteiger partial charge in [-0.2, -0.15) is 0 Å². The predicted octanol–water partition coefficient (Wildman–Crippen LogP) is 1.64. The van der Waals surface area contributed by atoms with Gasteiger partial charge in [-0.05, 0) is 30.7 Å². The molecule has 28 heavy (non-hydrogen) atoms. The molecule has 1 saturated heterocycles. The van der Waals surface area contributed by atoms with Crippen LogP contribution in [0.2, 0.25) is 0 Å². The number of pyridine rings is 1. The molecule has 0 unspecified atom stereocenters. The van der Waals surface area contributed by atoms with Crippen LogP contribution in [0.4, 0.5) is 5.82 Å². The van der Waals surface area contributed by atoms with Crippen LogP contribution in [0, 0.1) is 0 Å². The van der Waals surface area contributed by atoms with E-state index < -0.39 is 9.84 Å². The third-order valence-corrected chi connectivity index (χ3v) is 6.56. The van der Waals surface area contributed by atoms with Gasteiger partial charge in [0.15, 0.2) is 15.8 Å². The Hall–Kier alpha value is -2.61. The van der Waals surface area contributed by atoms with Crippen LogP contribution in [-0.2, 0) is 9.84 Å². The van der Waals surface area contributed by atoms with Crippen molar-refractivity contribution in [3.63, 3.8) is 0 Å². The van der Waals surface area contributed by atoms with Gasteiger partial charge in [-0.15, -0.1) is 0 Å². The monoisotopic (exact) mass is 401 g/mol. The minimum Gasteiger partial charge on any atom is -0.356 e. The lowest BCUT2D eigenvalue weighted by molar-refractivity contribution is 0.371. The van der Waals surface area contributed by atoms with Crippen molar-refractivity contribution in [3.8, 4) is 0 Å². The van der Waals surface area contributed by atoms with Gasteiger partial charge in [0.1, 0.15) is 5.82 Å². The number of rotatable bonds is 6. The number of benzene rings is 1. The summed E-state index contributed by atoms with van der Waals surface area (Å²) in [6.45, 7) is 4.01. The van der Waals surface area contributed by atoms with Gasteiger partial charge in [0.25, 0.3) is 0 Å². The summed E-state index contributed by atoms with van der Waals surface area (Å²) in [5.74, 6) is 1.93. The molecule has 2 heterocycles. The Bertz CT molecular complexity index is 864. The molecule has 150 valence electrons. The standard InChI is InChI=1S/C20H27N5O2S/c1-21-20(23-12-7-17-28(26,27)18-8-3-2-4-9-18)25-15-13-24(14-16-25)19-10-5-6-11-22-19/h2-6,8-11H,7,12-17H2,1H3,(H,21,23). The van der Waals surface area contributed by atoms with Gasteiger partial charge < -0.3 is 15.1 Å². The van der Waals surface area contributed by atoms with Crippen molar-refractivity contribution >= 4 is 21.6 Å². The largest absolute Gasteiger partial charge is 0.356 e. The van der Waals surface area contributed by atoms with Crippen LogP contribution in [0.15, 0.2) is 64.6 Å². The second kappa shape index (κ2) is 9.54. The lowest BCUT2D eigenvalue weighted by Gasteiger charge is -2.37. The van der Waals surface area contributed by atoms with Crippen molar-refractivity contribution in [3.05, 3.63) is 54.7 Å². The molecule has 1 aliphatic heterocycles. The second-order valence-electron chi connectivity index (χ2n) is 6.62. The van der Waals surface area contributed by atoms with Crippen LogP contribution >= 0.6 is 0 Å². The molecule has 7 nitrogen and oxygen atoms in total. The summed E-state index contributed by atoms with van der Waals surface area (Å²) >= 11 is 0. The molecule has 0 atom stereocenters. The Morgan fingerprint density at radius 3 is 2.43 bits per heavy atom. The van der Waals surface area contributed by atoms with Gasteiger partial charge in [-0.1, -0.05) is 24.3 Å². The van der Waals surface area contributed by atoms with E-state index in [2.05, 4.69) is 25.1 Å². The molecule has 1 aromatic heterocycles. The summed E-state index contributed by atoms with van der Waals surface area (Å²) in [5.41, 5.74) is 0. The number of aromatic nitrogens is 1. The molecular weight excluding hydrogens is 374 g/mol. The molecule has 0 spiro atoms. The average molecular weight is 402 g/mol. The van der Waals surface area contributed by atoms with E-state index in [0.29, 0.717) is 17.9 Å². The van der Waals surface area contributed by atoms with E-state index in [1.54, 1.807) is 31.3 Å². The van der Waals surface area contributed by atoms with E-state index in [1.165, 1.54) is 0 Å². The maximum atomic E-state index is 12.3. The maximum absolute atomic E-state index is 12.3. The predicted molar refractivity (Wildman–Crippen MR) is 112 cm³/mol. The highest BCUT2D eigenvalue weighted by Crippen LogP contribution is 2.13. The van der Waals surface area contributed by atoms with Crippen molar-refractivity contribution < 1.29 is 8.42 Å². The zero-order valence-electron chi connectivity index (χ0n) is 16.2. The topological polar surface area (TPSA) is 77.9 Å². The summed E-state index contributed by atoms with van der Waals surface area (Å²) in [7, 11) is -1.48. The summed E-state index contributed by atoms with van der Waals surface area (Å²) in [5, 5.41) is 3.30. The molecule has 0 bridgehead atoms. The molecule has 1 fully saturated rings. The molecule has 1 aromatic carbocycles. The van der Waals surface area contributed by atoms with Crippen LogP contribution in [-0.4, -0.2) is 69.8 Å². The van der Waals surface area contributed by atoms with Crippen molar-refractivity contribution in [2.75, 3.05) is 50.4 Å². The maximum Gasteiger partial charge on any atom is 0.193 e. The van der Waals surface area contributed by atoms with Crippen molar-refractivity contribution in [1.82, 2.24) is 15.2 Å². The summed E-state index contributed by atoms with van der Waals surface area (Å²) < 4.78 is 24.7. The van der Waals surface area contributed by atoms with Crippen molar-refractivity contribution in [1.29, 1.82) is 0 Å². The van der Waals surface area contributed by atoms with Gasteiger partial charge in [0.05, 0.1) is 10.6 Å². The number of aliphatic imine (C=N–C) groups is 1. The van der Waals surface area contributed by atoms with Crippen LogP contribution in [0.3, 0.4) is 0 Å². The quantitative estimate of drug-likeness (QED) is 0.450. The Balaban J connectivity index is 1.44. The summed E-state index contributed by atoms with van der Waals surface area (Å²) in [6.07, 6.45) is 2.34. The molecule has 0 aliphatic carbocycles. The van der Waals surface area contributed by atoms with E-state index >= 15 is 0 Å². The van der Waals surface area contributed by atoms with Gasteiger partial charge in [0, 0.05) is 46.0 Å². The number of hydrogen-bond donors (Lipinski definition) is 1. The number of anilines is 1. The van der Waals surface area contributed by atoms with Crippen molar-refractivity contribution in [2.45, 2.75) is 11.3 Å². The minimum absolute atomic E-state index is 0.120. The SMILES string of the molecule is CN=C(NCCCS(=O)(=O)c1ccccc1)N1CCN(c2ccccn2)CC1. The van der Waals surface area contributed by atoms with E-state index in [4.69, 9.17) is 0 Å². The molecule has 0 amide bonds. The van der Waals surface area contributed by atoms with E-state index in [0.717, 1.165) is 38.0 Å². The van der Waals surface area contributed by atoms with E-state index in [-0.39, 0.29) is 5.75 Å². The third kappa shape index (κ3) is 5.22. The number of nitrogens with zero attached hydrogens (tertiary/aromatic N) is 4. The first kappa shape index (κ1) is 20.1. The Labute approximate surface area is 167 Å². The number of piperazine rings is 1. The van der Waals surface area contributed by atoms with Crippen LogP contribution < -0.4 is 10.2 Å². The second-order valence-corrected chi connectivity index (χ2v) is 8.73. The van der Waals surface area contributed by atoms with E-state index in [9.17, 15) is 8.42 Å². The number of guanidine groups is 1. The van der Waals surface area contributed by atoms with Crippen LogP contribution in [0.1, 0.15) is 6.42 Å². The van der Waals surface area contributed by atoms with E-state index in [1.807, 2.05) is 30.5 Å². The molecule has 0 saturated carbocycles. The summed E-state index contributed by atoms with van der Waals surface area (Å²) in [6, 6.07) is 14.5. The smallest absolute Gasteiger partial charge is 0.193 e. The Morgan fingerprint density at radius 1 is 1.07 bits per heavy atom. The van der Waals surface area contributed by atoms with Gasteiger partial charge in [-0.25, -0.2) is 13.4 Å². The molecule has 1 N–H and O–H groups in total. The molecule has 8 heteroatoms. The first-order chi connectivity index (χ1) is 13.6. The lowest BCUT2D eigenvalue weighted by atomic mass is 10.3. The zero-order chi connectivity index (χ0) is 19.8. The Morgan fingerprint density at radius 2 is 1.79 bits per heavy atom. The average Bonchev–Trinajstić information content (AvgIpc) is 2.75. The third-order valence-electron chi connectivity index (χ3n) is 4.74. The minimum atomic E-state index is -3.23. The van der Waals surface area contributed by atoms with Gasteiger partial charge >= 0.3 is 0 Å². The molecule has 3 rings (SSSR count). The normalized spacial score (nSPS) is 15.5. The fraction of sp³-hybridized carbons (Fsp3) is 0.400. The summed E-state index contributed by atoms with van der Waals surface area (Å²) in [4.78, 5) is 13.6. The fourth-order valence-corrected chi connectivity index (χ4v) is 4.56. The molecule has 2 aromatic rings. The van der Waals surface area contributed by atoms with Crippen LogP contribution in [0.5, 0.6) is 0 Å². The molecule has 1 aliphatic rings. The highest BCUT2D eigenvalue weighted by molar-refractivity contribution is 7.91. The number of hydrogen-bond acceptors (Lipinski definition) is 5. The van der Waals surface area contributed by atoms with Crippen molar-refractivity contribution in [2.24, 2.45) is 4.99 Å². The Kier molecular flexibility index (Phi) is 6.86. The highest BCUT2D eigenvalue weighted by atomic mass is 32.2. The first-order valence-corrected chi connectivity index (χ1v) is 11.1. The van der Waals surface area contributed by atoms with Gasteiger partial charge in [-0.3, -0.25) is 4.99 Å². The molecule has 0 radical (unpaired) electrons. The number of sulfone groups is 1. The fourth-order valence-electron chi connectivity index (χ4n) is 3.23. The zero-order valence-corrected chi connectivity index (χ0v) is 17.0. The van der Waals surface area contributed by atoms with Crippen LogP contribution in [0.25, 0.3) is 0 Å².